The smallest absolute Gasteiger partial charge is 0.316 e. The van der Waals surface area contributed by atoms with Crippen molar-refractivity contribution in [2.24, 2.45) is 5.92 Å². The predicted molar refractivity (Wildman–Crippen MR) is 75.7 cm³/mol. The van der Waals surface area contributed by atoms with Crippen LogP contribution in [-0.2, 0) is 19.1 Å². The third-order valence-electron chi connectivity index (χ3n) is 3.10. The van der Waals surface area contributed by atoms with Crippen LogP contribution in [0.2, 0.25) is 5.02 Å². The number of rotatable bonds is 6. The highest BCUT2D eigenvalue weighted by Crippen LogP contribution is 2.31. The first kappa shape index (κ1) is 16.4. The van der Waals surface area contributed by atoms with E-state index in [0.717, 1.165) is 5.56 Å². The van der Waals surface area contributed by atoms with E-state index in [1.54, 1.807) is 24.3 Å². The van der Waals surface area contributed by atoms with Crippen molar-refractivity contribution in [2.45, 2.75) is 26.2 Å². The number of Topliss-reactive ketones (excluding diaryl/α,β-unsaturated/α-hetero) is 2. The number of carbonyl (C=O) groups excluding carboxylic acids is 3. The van der Waals surface area contributed by atoms with Crippen LogP contribution >= 0.6 is 11.6 Å². The third kappa shape index (κ3) is 4.17. The Morgan fingerprint density at radius 1 is 1.15 bits per heavy atom. The fraction of sp³-hybridized carbons (Fsp3) is 0.400. The Morgan fingerprint density at radius 2 is 1.70 bits per heavy atom. The first-order chi connectivity index (χ1) is 9.36. The molecule has 108 valence electrons. The summed E-state index contributed by atoms with van der Waals surface area (Å²) < 4.78 is 4.68. The van der Waals surface area contributed by atoms with Gasteiger partial charge in [0.1, 0.15) is 17.5 Å². The van der Waals surface area contributed by atoms with Gasteiger partial charge in [-0.25, -0.2) is 0 Å². The number of methoxy groups -OCH3 is 1. The van der Waals surface area contributed by atoms with Gasteiger partial charge in [0.2, 0.25) is 0 Å². The van der Waals surface area contributed by atoms with E-state index in [1.807, 2.05) is 0 Å². The van der Waals surface area contributed by atoms with Crippen molar-refractivity contribution in [3.05, 3.63) is 34.9 Å². The van der Waals surface area contributed by atoms with E-state index < -0.39 is 17.8 Å². The van der Waals surface area contributed by atoms with Crippen LogP contribution in [0.25, 0.3) is 0 Å². The molecule has 0 N–H and O–H groups in total. The largest absolute Gasteiger partial charge is 0.468 e. The number of carbonyl (C=O) groups is 3. The molecule has 0 fully saturated rings. The van der Waals surface area contributed by atoms with Crippen molar-refractivity contribution in [3.8, 4) is 0 Å². The summed E-state index contributed by atoms with van der Waals surface area (Å²) in [6.45, 7) is 2.75. The number of halogens is 1. The van der Waals surface area contributed by atoms with E-state index in [9.17, 15) is 14.4 Å². The van der Waals surface area contributed by atoms with E-state index in [2.05, 4.69) is 4.74 Å². The lowest BCUT2D eigenvalue weighted by Crippen LogP contribution is -2.31. The van der Waals surface area contributed by atoms with E-state index in [0.29, 0.717) is 5.02 Å². The van der Waals surface area contributed by atoms with Gasteiger partial charge in [0, 0.05) is 17.4 Å². The van der Waals surface area contributed by atoms with E-state index >= 15 is 0 Å². The molecule has 0 saturated heterocycles. The van der Waals surface area contributed by atoms with Crippen LogP contribution in [0.4, 0.5) is 0 Å². The molecule has 0 heterocycles. The highest BCUT2D eigenvalue weighted by molar-refractivity contribution is 6.30. The van der Waals surface area contributed by atoms with Crippen molar-refractivity contribution in [2.75, 3.05) is 7.11 Å². The normalized spacial score (nSPS) is 13.4. The van der Waals surface area contributed by atoms with Gasteiger partial charge in [0.15, 0.2) is 0 Å². The number of ether oxygens (including phenoxy) is 1. The zero-order chi connectivity index (χ0) is 15.3. The molecule has 1 aromatic carbocycles. The summed E-state index contributed by atoms with van der Waals surface area (Å²) in [5, 5.41) is 0.549. The fourth-order valence-electron chi connectivity index (χ4n) is 2.19. The molecule has 5 heteroatoms. The molecule has 4 nitrogen and oxygen atoms in total. The van der Waals surface area contributed by atoms with Crippen molar-refractivity contribution in [3.63, 3.8) is 0 Å². The van der Waals surface area contributed by atoms with Crippen LogP contribution in [0.15, 0.2) is 24.3 Å². The third-order valence-corrected chi connectivity index (χ3v) is 3.35. The monoisotopic (exact) mass is 296 g/mol. The minimum absolute atomic E-state index is 0.0971. The molecule has 20 heavy (non-hydrogen) atoms. The van der Waals surface area contributed by atoms with Crippen molar-refractivity contribution in [1.29, 1.82) is 0 Å². The van der Waals surface area contributed by atoms with Gasteiger partial charge in [0.25, 0.3) is 0 Å². The van der Waals surface area contributed by atoms with Gasteiger partial charge >= 0.3 is 5.97 Å². The Bertz CT molecular complexity index is 507. The van der Waals surface area contributed by atoms with E-state index in [-0.39, 0.29) is 18.0 Å². The maximum atomic E-state index is 11.8. The van der Waals surface area contributed by atoms with Crippen LogP contribution in [-0.4, -0.2) is 24.6 Å². The van der Waals surface area contributed by atoms with Gasteiger partial charge in [-0.1, -0.05) is 23.7 Å². The lowest BCUT2D eigenvalue weighted by Gasteiger charge is -2.23. The zero-order valence-electron chi connectivity index (χ0n) is 11.7. The second-order valence-electron chi connectivity index (χ2n) is 4.68. The minimum Gasteiger partial charge on any atom is -0.468 e. The number of ketones is 2. The summed E-state index contributed by atoms with van der Waals surface area (Å²) in [7, 11) is 1.23. The molecule has 0 unspecified atom stereocenters. The average molecular weight is 297 g/mol. The molecule has 0 aliphatic heterocycles. The molecular formula is C15H17ClO4. The zero-order valence-corrected chi connectivity index (χ0v) is 12.4. The van der Waals surface area contributed by atoms with E-state index in [1.165, 1.54) is 21.0 Å². The predicted octanol–water partition coefficient (Wildman–Crippen LogP) is 2.78. The summed E-state index contributed by atoms with van der Waals surface area (Å²) >= 11 is 5.83. The molecule has 0 spiro atoms. The molecule has 0 aromatic heterocycles. The maximum absolute atomic E-state index is 11.8. The topological polar surface area (TPSA) is 60.4 Å². The lowest BCUT2D eigenvalue weighted by molar-refractivity contribution is -0.150. The number of hydrogen-bond donors (Lipinski definition) is 0. The molecule has 0 radical (unpaired) electrons. The molecule has 0 amide bonds. The maximum Gasteiger partial charge on any atom is 0.316 e. The van der Waals surface area contributed by atoms with Crippen LogP contribution in [0.3, 0.4) is 0 Å². The minimum atomic E-state index is -0.981. The van der Waals surface area contributed by atoms with Gasteiger partial charge in [-0.2, -0.15) is 0 Å². The summed E-state index contributed by atoms with van der Waals surface area (Å²) in [5.74, 6) is -2.56. The second kappa shape index (κ2) is 7.20. The molecule has 1 aromatic rings. The Hall–Kier alpha value is -1.68. The number of benzene rings is 1. The van der Waals surface area contributed by atoms with Gasteiger partial charge < -0.3 is 9.53 Å². The Balaban J connectivity index is 3.21. The fourth-order valence-corrected chi connectivity index (χ4v) is 2.31. The Morgan fingerprint density at radius 3 is 2.10 bits per heavy atom. The van der Waals surface area contributed by atoms with Crippen LogP contribution < -0.4 is 0 Å². The van der Waals surface area contributed by atoms with Crippen molar-refractivity contribution in [1.82, 2.24) is 0 Å². The summed E-state index contributed by atoms with van der Waals surface area (Å²) in [6, 6.07) is 6.76. The SMILES string of the molecule is COC(=O)[C@H](C(C)=O)[C@H](CC(C)=O)c1ccc(Cl)cc1. The molecule has 0 saturated carbocycles. The Labute approximate surface area is 123 Å². The summed E-state index contributed by atoms with van der Waals surface area (Å²) in [6.07, 6.45) is 0.0982. The lowest BCUT2D eigenvalue weighted by atomic mass is 9.80. The van der Waals surface area contributed by atoms with Gasteiger partial charge in [-0.3, -0.25) is 9.59 Å². The van der Waals surface area contributed by atoms with Gasteiger partial charge in [-0.05, 0) is 31.5 Å². The van der Waals surface area contributed by atoms with Crippen molar-refractivity contribution < 1.29 is 19.1 Å². The standard InChI is InChI=1S/C15H17ClO4/c1-9(17)8-13(11-4-6-12(16)7-5-11)14(10(2)18)15(19)20-3/h4-7,13-14H,8H2,1-3H3/t13-,14-/m1/s1. The van der Waals surface area contributed by atoms with Crippen LogP contribution in [0, 0.1) is 5.92 Å². The highest BCUT2D eigenvalue weighted by Gasteiger charge is 2.35. The average Bonchev–Trinajstić information content (AvgIpc) is 2.37. The van der Waals surface area contributed by atoms with Crippen LogP contribution in [0.1, 0.15) is 31.7 Å². The first-order valence-electron chi connectivity index (χ1n) is 6.20. The molecule has 1 rings (SSSR count). The highest BCUT2D eigenvalue weighted by atomic mass is 35.5. The molecular weight excluding hydrogens is 280 g/mol. The van der Waals surface area contributed by atoms with Gasteiger partial charge in [0.05, 0.1) is 7.11 Å². The van der Waals surface area contributed by atoms with E-state index in [4.69, 9.17) is 11.6 Å². The molecule has 0 aliphatic rings. The number of esters is 1. The van der Waals surface area contributed by atoms with Gasteiger partial charge in [-0.15, -0.1) is 0 Å². The first-order valence-corrected chi connectivity index (χ1v) is 6.57. The number of hydrogen-bond acceptors (Lipinski definition) is 4. The van der Waals surface area contributed by atoms with Crippen LogP contribution in [0.5, 0.6) is 0 Å². The summed E-state index contributed by atoms with van der Waals surface area (Å²) in [4.78, 5) is 35.0. The Kier molecular flexibility index (Phi) is 5.89. The summed E-state index contributed by atoms with van der Waals surface area (Å²) in [5.41, 5.74) is 0.718. The molecule has 0 aliphatic carbocycles. The quantitative estimate of drug-likeness (QED) is 0.598. The van der Waals surface area contributed by atoms with Crippen molar-refractivity contribution >= 4 is 29.1 Å². The molecule has 2 atom stereocenters. The molecule has 0 bridgehead atoms. The second-order valence-corrected chi connectivity index (χ2v) is 5.11.